The molecule has 0 fully saturated rings. The number of benzene rings is 2. The van der Waals surface area contributed by atoms with Gasteiger partial charge < -0.3 is 14.8 Å². The number of sulfonamides is 1. The zero-order valence-electron chi connectivity index (χ0n) is 23.4. The first-order chi connectivity index (χ1) is 20.0. The molecule has 0 saturated carbocycles. The second kappa shape index (κ2) is 12.8. The second-order valence-corrected chi connectivity index (χ2v) is 11.0. The maximum Gasteiger partial charge on any atom is 0.272 e. The number of pyridine rings is 1. The lowest BCUT2D eigenvalue weighted by Gasteiger charge is -2.16. The summed E-state index contributed by atoms with van der Waals surface area (Å²) in [4.78, 5) is 27.6. The van der Waals surface area contributed by atoms with Gasteiger partial charge in [-0.3, -0.25) is 19.9 Å². The quantitative estimate of drug-likeness (QED) is 0.180. The second-order valence-electron chi connectivity index (χ2n) is 9.35. The minimum atomic E-state index is -4.24. The van der Waals surface area contributed by atoms with E-state index in [-0.39, 0.29) is 23.9 Å². The fourth-order valence-corrected chi connectivity index (χ4v) is 5.38. The Kier molecular flexibility index (Phi) is 9.18. The van der Waals surface area contributed by atoms with Gasteiger partial charge in [0.15, 0.2) is 5.69 Å². The first-order valence-corrected chi connectivity index (χ1v) is 14.4. The molecule has 0 bridgehead atoms. The number of nitro benzene ring substituents is 1. The molecule has 220 valence electrons. The van der Waals surface area contributed by atoms with Crippen LogP contribution in [0.4, 0.5) is 5.69 Å². The number of methoxy groups -OCH3 is 1. The molecule has 4 aromatic rings. The van der Waals surface area contributed by atoms with Crippen molar-refractivity contribution in [1.82, 2.24) is 24.8 Å². The number of rotatable bonds is 12. The molecule has 2 N–H and O–H groups in total. The summed E-state index contributed by atoms with van der Waals surface area (Å²) in [5, 5.41) is 18.8. The molecule has 42 heavy (non-hydrogen) atoms. The van der Waals surface area contributed by atoms with Crippen molar-refractivity contribution < 1.29 is 27.6 Å². The van der Waals surface area contributed by atoms with Crippen LogP contribution in [0.3, 0.4) is 0 Å². The summed E-state index contributed by atoms with van der Waals surface area (Å²) < 4.78 is 41.9. The van der Waals surface area contributed by atoms with Crippen molar-refractivity contribution in [3.05, 3.63) is 93.9 Å². The van der Waals surface area contributed by atoms with Crippen LogP contribution in [-0.4, -0.2) is 47.2 Å². The molecule has 14 heteroatoms. The zero-order valence-corrected chi connectivity index (χ0v) is 24.2. The molecule has 2 heterocycles. The van der Waals surface area contributed by atoms with Gasteiger partial charge in [-0.25, -0.2) is 13.1 Å². The van der Waals surface area contributed by atoms with Crippen LogP contribution in [0, 0.1) is 17.0 Å². The number of carbonyl (C=O) groups is 1. The van der Waals surface area contributed by atoms with Gasteiger partial charge in [0.1, 0.15) is 16.4 Å². The van der Waals surface area contributed by atoms with Crippen molar-refractivity contribution in [2.24, 2.45) is 0 Å². The Bertz CT molecular complexity index is 1690. The Hall–Kier alpha value is -4.82. The van der Waals surface area contributed by atoms with Crippen LogP contribution in [0.1, 0.15) is 41.9 Å². The standard InChI is InChI=1S/C28H30N6O7S/c1-5-18(2)32-42(38,39)25-15-22(34(36)37)10-13-24(25)41-28-19(3)26(27(35)30-17-20-7-6-14-29-16-20)31-33(28)21-8-11-23(40-4)12-9-21/h6-16,18,32H,5,17H2,1-4H3,(H,30,35). The Balaban J connectivity index is 1.80. The van der Waals surface area contributed by atoms with Crippen molar-refractivity contribution in [3.63, 3.8) is 0 Å². The van der Waals surface area contributed by atoms with Crippen molar-refractivity contribution >= 4 is 21.6 Å². The fourth-order valence-electron chi connectivity index (χ4n) is 3.90. The van der Waals surface area contributed by atoms with Crippen molar-refractivity contribution in [2.75, 3.05) is 7.11 Å². The van der Waals surface area contributed by atoms with Gasteiger partial charge >= 0.3 is 0 Å². The van der Waals surface area contributed by atoms with Crippen LogP contribution in [-0.2, 0) is 16.6 Å². The molecular weight excluding hydrogens is 564 g/mol. The molecule has 2 aromatic heterocycles. The highest BCUT2D eigenvalue weighted by Gasteiger charge is 2.28. The Morgan fingerprint density at radius 1 is 1.17 bits per heavy atom. The number of hydrogen-bond acceptors (Lipinski definition) is 9. The topological polar surface area (TPSA) is 168 Å². The van der Waals surface area contributed by atoms with E-state index in [1.807, 2.05) is 6.07 Å². The predicted molar refractivity (Wildman–Crippen MR) is 154 cm³/mol. The minimum absolute atomic E-state index is 0.0359. The third kappa shape index (κ3) is 6.72. The summed E-state index contributed by atoms with van der Waals surface area (Å²) in [7, 11) is -2.71. The van der Waals surface area contributed by atoms with E-state index in [4.69, 9.17) is 9.47 Å². The average Bonchev–Trinajstić information content (AvgIpc) is 3.31. The minimum Gasteiger partial charge on any atom is -0.497 e. The highest BCUT2D eigenvalue weighted by Crippen LogP contribution is 2.36. The maximum atomic E-state index is 13.3. The van der Waals surface area contributed by atoms with Gasteiger partial charge in [0, 0.05) is 42.7 Å². The summed E-state index contributed by atoms with van der Waals surface area (Å²) >= 11 is 0. The number of ether oxygens (including phenoxy) is 2. The molecule has 0 radical (unpaired) electrons. The van der Waals surface area contributed by atoms with Crippen LogP contribution >= 0.6 is 0 Å². The molecule has 4 rings (SSSR count). The molecule has 0 saturated heterocycles. The number of carbonyl (C=O) groups excluding carboxylic acids is 1. The molecule has 2 aromatic carbocycles. The largest absolute Gasteiger partial charge is 0.497 e. The van der Waals surface area contributed by atoms with Gasteiger partial charge in [0.05, 0.1) is 17.7 Å². The van der Waals surface area contributed by atoms with Crippen molar-refractivity contribution in [1.29, 1.82) is 0 Å². The first kappa shape index (κ1) is 30.1. The molecule has 0 aliphatic rings. The summed E-state index contributed by atoms with van der Waals surface area (Å²) in [5.74, 6) is -0.0557. The van der Waals surface area contributed by atoms with E-state index < -0.39 is 37.5 Å². The molecule has 1 amide bonds. The van der Waals surface area contributed by atoms with Gasteiger partial charge in [-0.2, -0.15) is 9.78 Å². The average molecular weight is 595 g/mol. The Morgan fingerprint density at radius 3 is 2.52 bits per heavy atom. The van der Waals surface area contributed by atoms with E-state index in [1.165, 1.54) is 17.9 Å². The van der Waals surface area contributed by atoms with Gasteiger partial charge in [0.25, 0.3) is 11.6 Å². The number of non-ortho nitro benzene ring substituents is 1. The molecule has 1 unspecified atom stereocenters. The third-order valence-corrected chi connectivity index (χ3v) is 7.99. The van der Waals surface area contributed by atoms with Gasteiger partial charge in [-0.15, -0.1) is 0 Å². The first-order valence-electron chi connectivity index (χ1n) is 12.9. The fraction of sp³-hybridized carbons (Fsp3) is 0.250. The highest BCUT2D eigenvalue weighted by molar-refractivity contribution is 7.89. The third-order valence-electron chi connectivity index (χ3n) is 6.38. The van der Waals surface area contributed by atoms with Gasteiger partial charge in [-0.1, -0.05) is 13.0 Å². The number of nitrogens with zero attached hydrogens (tertiary/aromatic N) is 4. The lowest BCUT2D eigenvalue weighted by molar-refractivity contribution is -0.385. The van der Waals surface area contributed by atoms with Crippen LogP contribution in [0.25, 0.3) is 5.69 Å². The highest BCUT2D eigenvalue weighted by atomic mass is 32.2. The smallest absolute Gasteiger partial charge is 0.272 e. The summed E-state index contributed by atoms with van der Waals surface area (Å²) in [5.41, 5.74) is 1.19. The molecule has 1 atom stereocenters. The molecule has 0 aliphatic carbocycles. The van der Waals surface area contributed by atoms with E-state index in [0.29, 0.717) is 23.4 Å². The number of amides is 1. The normalized spacial score (nSPS) is 12.0. The van der Waals surface area contributed by atoms with Crippen molar-refractivity contribution in [3.8, 4) is 23.1 Å². The van der Waals surface area contributed by atoms with Crippen molar-refractivity contribution in [2.45, 2.75) is 44.7 Å². The summed E-state index contributed by atoms with van der Waals surface area (Å²) in [6.07, 6.45) is 3.74. The molecule has 0 spiro atoms. The molecule has 0 aliphatic heterocycles. The lowest BCUT2D eigenvalue weighted by Crippen LogP contribution is -2.32. The number of aromatic nitrogens is 3. The van der Waals surface area contributed by atoms with Gasteiger partial charge in [0.2, 0.25) is 15.9 Å². The van der Waals surface area contributed by atoms with Crippen LogP contribution in [0.5, 0.6) is 17.4 Å². The van der Waals surface area contributed by atoms with E-state index in [2.05, 4.69) is 20.1 Å². The Labute approximate surface area is 242 Å². The van der Waals surface area contributed by atoms with Crippen LogP contribution in [0.2, 0.25) is 0 Å². The number of hydrogen-bond donors (Lipinski definition) is 2. The predicted octanol–water partition coefficient (Wildman–Crippen LogP) is 4.29. The zero-order chi connectivity index (χ0) is 30.4. The van der Waals surface area contributed by atoms with Crippen LogP contribution < -0.4 is 19.5 Å². The molecule has 13 nitrogen and oxygen atoms in total. The Morgan fingerprint density at radius 2 is 1.90 bits per heavy atom. The number of nitrogens with one attached hydrogen (secondary N) is 2. The van der Waals surface area contributed by atoms with Gasteiger partial charge in [-0.05, 0) is 62.2 Å². The van der Waals surface area contributed by atoms with Crippen LogP contribution in [0.15, 0.2) is 71.9 Å². The maximum absolute atomic E-state index is 13.3. The van der Waals surface area contributed by atoms with E-state index in [0.717, 1.165) is 17.7 Å². The number of nitro groups is 1. The SMILES string of the molecule is CCC(C)NS(=O)(=O)c1cc([N+](=O)[O-])ccc1Oc1c(C)c(C(=O)NCc2cccnc2)nn1-c1ccc(OC)cc1. The van der Waals surface area contributed by atoms with E-state index in [9.17, 15) is 23.3 Å². The lowest BCUT2D eigenvalue weighted by atomic mass is 10.2. The summed E-state index contributed by atoms with van der Waals surface area (Å²) in [6.45, 7) is 5.28. The monoisotopic (exact) mass is 594 g/mol. The molecular formula is C28H30N6O7S. The van der Waals surface area contributed by atoms with E-state index in [1.54, 1.807) is 63.5 Å². The van der Waals surface area contributed by atoms with E-state index >= 15 is 0 Å². The summed E-state index contributed by atoms with van der Waals surface area (Å²) in [6, 6.07) is 13.2.